The summed E-state index contributed by atoms with van der Waals surface area (Å²) in [7, 11) is 0. The van der Waals surface area contributed by atoms with Gasteiger partial charge in [-0.05, 0) is 45.1 Å². The number of hydrogen-bond donors (Lipinski definition) is 1. The molecule has 1 saturated heterocycles. The molecular weight excluding hydrogens is 264 g/mol. The Morgan fingerprint density at radius 2 is 1.81 bits per heavy atom. The standard InChI is InChI=1S/C17H26N2O2/c1-17(2,3)21-16(20)19-11-9-14(10-12-19)15(18)13-7-5-4-6-8-13/h4-8,14-15H,9-12,18H2,1-3H3/t15-/m0/s1. The van der Waals surface area contributed by atoms with Crippen LogP contribution in [-0.2, 0) is 4.74 Å². The van der Waals surface area contributed by atoms with Crippen molar-refractivity contribution in [2.75, 3.05) is 13.1 Å². The first-order chi connectivity index (χ1) is 9.87. The maximum Gasteiger partial charge on any atom is 0.410 e. The fourth-order valence-corrected chi connectivity index (χ4v) is 2.72. The van der Waals surface area contributed by atoms with Crippen molar-refractivity contribution in [3.63, 3.8) is 0 Å². The summed E-state index contributed by atoms with van der Waals surface area (Å²) in [5.41, 5.74) is 7.10. The van der Waals surface area contributed by atoms with Crippen molar-refractivity contribution in [2.24, 2.45) is 11.7 Å². The lowest BCUT2D eigenvalue weighted by molar-refractivity contribution is 0.0174. The second-order valence-electron chi connectivity index (χ2n) is 6.74. The Kier molecular flexibility index (Phi) is 4.88. The van der Waals surface area contributed by atoms with Crippen LogP contribution in [0.4, 0.5) is 4.79 Å². The molecule has 4 nitrogen and oxygen atoms in total. The van der Waals surface area contributed by atoms with Gasteiger partial charge in [-0.1, -0.05) is 30.3 Å². The van der Waals surface area contributed by atoms with E-state index in [1.165, 1.54) is 5.56 Å². The lowest BCUT2D eigenvalue weighted by Gasteiger charge is -2.35. The molecule has 1 fully saturated rings. The molecule has 0 spiro atoms. The lowest BCUT2D eigenvalue weighted by atomic mass is 9.86. The monoisotopic (exact) mass is 290 g/mol. The van der Waals surface area contributed by atoms with Crippen LogP contribution in [0.5, 0.6) is 0 Å². The molecule has 116 valence electrons. The van der Waals surface area contributed by atoms with Crippen LogP contribution in [-0.4, -0.2) is 29.7 Å². The minimum Gasteiger partial charge on any atom is -0.444 e. The highest BCUT2D eigenvalue weighted by atomic mass is 16.6. The molecule has 4 heteroatoms. The van der Waals surface area contributed by atoms with E-state index in [2.05, 4.69) is 12.1 Å². The zero-order valence-corrected chi connectivity index (χ0v) is 13.2. The molecule has 2 rings (SSSR count). The Balaban J connectivity index is 1.87. The van der Waals surface area contributed by atoms with Gasteiger partial charge in [0.25, 0.3) is 0 Å². The van der Waals surface area contributed by atoms with Crippen LogP contribution in [0, 0.1) is 5.92 Å². The van der Waals surface area contributed by atoms with Gasteiger partial charge in [0.15, 0.2) is 0 Å². The van der Waals surface area contributed by atoms with Crippen molar-refractivity contribution in [1.29, 1.82) is 0 Å². The molecule has 2 N–H and O–H groups in total. The Morgan fingerprint density at radius 1 is 1.24 bits per heavy atom. The molecule has 0 unspecified atom stereocenters. The van der Waals surface area contributed by atoms with Gasteiger partial charge in [-0.2, -0.15) is 0 Å². The molecule has 1 aliphatic heterocycles. The van der Waals surface area contributed by atoms with Crippen molar-refractivity contribution in [3.8, 4) is 0 Å². The van der Waals surface area contributed by atoms with Gasteiger partial charge in [0.1, 0.15) is 5.60 Å². The number of nitrogens with zero attached hydrogens (tertiary/aromatic N) is 1. The van der Waals surface area contributed by atoms with Gasteiger partial charge in [-0.25, -0.2) is 4.79 Å². The SMILES string of the molecule is CC(C)(C)OC(=O)N1CCC([C@@H](N)c2ccccc2)CC1. The normalized spacial score (nSPS) is 18.4. The smallest absolute Gasteiger partial charge is 0.410 e. The third-order valence-electron chi connectivity index (χ3n) is 3.88. The predicted molar refractivity (Wildman–Crippen MR) is 83.9 cm³/mol. The topological polar surface area (TPSA) is 55.6 Å². The fourth-order valence-electron chi connectivity index (χ4n) is 2.72. The van der Waals surface area contributed by atoms with E-state index < -0.39 is 5.60 Å². The van der Waals surface area contributed by atoms with Crippen LogP contribution in [0.2, 0.25) is 0 Å². The Labute approximate surface area is 127 Å². The summed E-state index contributed by atoms with van der Waals surface area (Å²) < 4.78 is 5.41. The van der Waals surface area contributed by atoms with Gasteiger partial charge in [0.2, 0.25) is 0 Å². The van der Waals surface area contributed by atoms with Crippen LogP contribution in [0.3, 0.4) is 0 Å². The third-order valence-corrected chi connectivity index (χ3v) is 3.88. The van der Waals surface area contributed by atoms with Gasteiger partial charge in [-0.15, -0.1) is 0 Å². The molecule has 1 heterocycles. The molecule has 1 aromatic rings. The number of rotatable bonds is 2. The minimum atomic E-state index is -0.436. The molecule has 0 aromatic heterocycles. The molecule has 1 amide bonds. The predicted octanol–water partition coefficient (Wildman–Crippen LogP) is 3.33. The maximum absolute atomic E-state index is 12.0. The van der Waals surface area contributed by atoms with Gasteiger partial charge in [-0.3, -0.25) is 0 Å². The summed E-state index contributed by atoms with van der Waals surface area (Å²) in [6, 6.07) is 10.2. The van der Waals surface area contributed by atoms with E-state index in [-0.39, 0.29) is 12.1 Å². The van der Waals surface area contributed by atoms with Crippen LogP contribution in [0.25, 0.3) is 0 Å². The number of amides is 1. The van der Waals surface area contributed by atoms with E-state index >= 15 is 0 Å². The number of carbonyl (C=O) groups is 1. The van der Waals surface area contributed by atoms with Crippen LogP contribution in [0.15, 0.2) is 30.3 Å². The summed E-state index contributed by atoms with van der Waals surface area (Å²) >= 11 is 0. The second-order valence-corrected chi connectivity index (χ2v) is 6.74. The molecule has 21 heavy (non-hydrogen) atoms. The van der Waals surface area contributed by atoms with Crippen molar-refractivity contribution in [2.45, 2.75) is 45.3 Å². The molecule has 1 atom stereocenters. The van der Waals surface area contributed by atoms with Crippen molar-refractivity contribution in [3.05, 3.63) is 35.9 Å². The minimum absolute atomic E-state index is 0.0481. The highest BCUT2D eigenvalue weighted by molar-refractivity contribution is 5.68. The zero-order chi connectivity index (χ0) is 15.5. The van der Waals surface area contributed by atoms with Crippen molar-refractivity contribution >= 4 is 6.09 Å². The summed E-state index contributed by atoms with van der Waals surface area (Å²) in [6.45, 7) is 7.12. The average molecular weight is 290 g/mol. The molecule has 0 aliphatic carbocycles. The molecule has 1 aliphatic rings. The summed E-state index contributed by atoms with van der Waals surface area (Å²) in [6.07, 6.45) is 1.64. The number of nitrogens with two attached hydrogens (primary N) is 1. The van der Waals surface area contributed by atoms with E-state index in [1.54, 1.807) is 4.90 Å². The van der Waals surface area contributed by atoms with E-state index in [1.807, 2.05) is 39.0 Å². The quantitative estimate of drug-likeness (QED) is 0.909. The Hall–Kier alpha value is -1.55. The van der Waals surface area contributed by atoms with E-state index in [0.717, 1.165) is 25.9 Å². The molecule has 0 bridgehead atoms. The van der Waals surface area contributed by atoms with Gasteiger partial charge in [0.05, 0.1) is 0 Å². The molecule has 1 aromatic carbocycles. The Bertz CT molecular complexity index is 459. The van der Waals surface area contributed by atoms with Gasteiger partial charge >= 0.3 is 6.09 Å². The first kappa shape index (κ1) is 15.8. The average Bonchev–Trinajstić information content (AvgIpc) is 2.46. The zero-order valence-electron chi connectivity index (χ0n) is 13.2. The van der Waals surface area contributed by atoms with Crippen molar-refractivity contribution in [1.82, 2.24) is 4.90 Å². The van der Waals surface area contributed by atoms with E-state index in [9.17, 15) is 4.79 Å². The number of ether oxygens (including phenoxy) is 1. The molecule has 0 radical (unpaired) electrons. The first-order valence-electron chi connectivity index (χ1n) is 7.65. The number of likely N-dealkylation sites (tertiary alicyclic amines) is 1. The highest BCUT2D eigenvalue weighted by Crippen LogP contribution is 2.29. The van der Waals surface area contributed by atoms with E-state index in [0.29, 0.717) is 5.92 Å². The second kappa shape index (κ2) is 6.48. The fraction of sp³-hybridized carbons (Fsp3) is 0.588. The van der Waals surface area contributed by atoms with E-state index in [4.69, 9.17) is 10.5 Å². The van der Waals surface area contributed by atoms with Crippen LogP contribution < -0.4 is 5.73 Å². The highest BCUT2D eigenvalue weighted by Gasteiger charge is 2.29. The summed E-state index contributed by atoms with van der Waals surface area (Å²) in [5.74, 6) is 0.422. The van der Waals surface area contributed by atoms with Crippen LogP contribution >= 0.6 is 0 Å². The third kappa shape index (κ3) is 4.46. The summed E-state index contributed by atoms with van der Waals surface area (Å²) in [4.78, 5) is 13.8. The number of hydrogen-bond acceptors (Lipinski definition) is 3. The first-order valence-corrected chi connectivity index (χ1v) is 7.65. The van der Waals surface area contributed by atoms with Crippen LogP contribution in [0.1, 0.15) is 45.2 Å². The Morgan fingerprint density at radius 3 is 2.33 bits per heavy atom. The largest absolute Gasteiger partial charge is 0.444 e. The lowest BCUT2D eigenvalue weighted by Crippen LogP contribution is -2.43. The van der Waals surface area contributed by atoms with Gasteiger partial charge < -0.3 is 15.4 Å². The number of benzene rings is 1. The molecular formula is C17H26N2O2. The number of carbonyl (C=O) groups excluding carboxylic acids is 1. The van der Waals surface area contributed by atoms with Gasteiger partial charge in [0, 0.05) is 19.1 Å². The number of piperidine rings is 1. The molecule has 0 saturated carbocycles. The maximum atomic E-state index is 12.0. The van der Waals surface area contributed by atoms with Crippen molar-refractivity contribution < 1.29 is 9.53 Å². The summed E-state index contributed by atoms with van der Waals surface area (Å²) in [5, 5.41) is 0.